The van der Waals surface area contributed by atoms with Gasteiger partial charge in [0, 0.05) is 24.7 Å². The Balaban J connectivity index is 1.44. The van der Waals surface area contributed by atoms with Crippen molar-refractivity contribution < 1.29 is 13.2 Å². The number of amides is 1. The maximum absolute atomic E-state index is 14.2. The third kappa shape index (κ3) is 4.39. The number of carbonyl (C=O) groups is 1. The van der Waals surface area contributed by atoms with Gasteiger partial charge in [-0.15, -0.1) is 0 Å². The van der Waals surface area contributed by atoms with Crippen LogP contribution in [-0.4, -0.2) is 28.2 Å². The molecular formula is C34H27N3O3S. The fourth-order valence-corrected chi connectivity index (χ4v) is 7.21. The van der Waals surface area contributed by atoms with E-state index in [2.05, 4.69) is 24.3 Å². The zero-order valence-corrected chi connectivity index (χ0v) is 23.3. The van der Waals surface area contributed by atoms with Crippen LogP contribution in [0.4, 0.5) is 0 Å². The summed E-state index contributed by atoms with van der Waals surface area (Å²) in [6.45, 7) is 2.23. The highest BCUT2D eigenvalue weighted by molar-refractivity contribution is 7.89. The van der Waals surface area contributed by atoms with Gasteiger partial charge in [-0.3, -0.25) is 4.79 Å². The van der Waals surface area contributed by atoms with E-state index >= 15 is 0 Å². The molecule has 0 saturated carbocycles. The van der Waals surface area contributed by atoms with Crippen molar-refractivity contribution in [3.8, 4) is 11.3 Å². The van der Waals surface area contributed by atoms with Crippen LogP contribution in [0, 0.1) is 6.92 Å². The lowest BCUT2D eigenvalue weighted by Crippen LogP contribution is -2.39. The van der Waals surface area contributed by atoms with Crippen LogP contribution in [0.5, 0.6) is 0 Å². The predicted octanol–water partition coefficient (Wildman–Crippen LogP) is 6.88. The molecule has 7 heteroatoms. The van der Waals surface area contributed by atoms with E-state index in [1.807, 2.05) is 78.4 Å². The van der Waals surface area contributed by atoms with Crippen LogP contribution in [0.2, 0.25) is 0 Å². The van der Waals surface area contributed by atoms with Gasteiger partial charge in [-0.2, -0.15) is 0 Å². The fourth-order valence-electron chi connectivity index (χ4n) is 5.65. The lowest BCUT2D eigenvalue weighted by Gasteiger charge is -2.29. The van der Waals surface area contributed by atoms with Gasteiger partial charge in [0.05, 0.1) is 10.6 Å². The van der Waals surface area contributed by atoms with E-state index in [1.54, 1.807) is 24.3 Å². The zero-order valence-electron chi connectivity index (χ0n) is 22.4. The summed E-state index contributed by atoms with van der Waals surface area (Å²) in [5.74, 6) is 0.0615. The van der Waals surface area contributed by atoms with E-state index < -0.39 is 22.0 Å². The molecule has 0 bridgehead atoms. The smallest absolute Gasteiger partial charge is 0.267 e. The van der Waals surface area contributed by atoms with Crippen molar-refractivity contribution in [3.05, 3.63) is 132 Å². The molecule has 0 saturated heterocycles. The molecule has 1 atom stereocenters. The van der Waals surface area contributed by atoms with E-state index in [0.29, 0.717) is 17.9 Å². The fraction of sp³-hybridized carbons (Fsp3) is 0.118. The molecule has 1 unspecified atom stereocenters. The third-order valence-corrected chi connectivity index (χ3v) is 9.61. The highest BCUT2D eigenvalue weighted by Gasteiger charge is 2.41. The number of carbonyl (C=O) groups excluding carboxylic acids is 1. The van der Waals surface area contributed by atoms with Gasteiger partial charge in [-0.05, 0) is 58.3 Å². The monoisotopic (exact) mass is 557 g/mol. The number of hydrogen-bond donors (Lipinski definition) is 0. The molecule has 1 aliphatic rings. The Labute approximate surface area is 238 Å². The number of benzene rings is 5. The molecule has 1 amide bonds. The number of rotatable bonds is 4. The van der Waals surface area contributed by atoms with Gasteiger partial charge in [0.2, 0.25) is 5.91 Å². The van der Waals surface area contributed by atoms with Gasteiger partial charge < -0.3 is 4.57 Å². The van der Waals surface area contributed by atoms with Gasteiger partial charge in [-0.25, -0.2) is 17.7 Å². The van der Waals surface area contributed by atoms with Crippen molar-refractivity contribution in [2.24, 2.45) is 0 Å². The summed E-state index contributed by atoms with van der Waals surface area (Å²) >= 11 is 0. The maximum atomic E-state index is 14.2. The van der Waals surface area contributed by atoms with Crippen LogP contribution >= 0.6 is 0 Å². The van der Waals surface area contributed by atoms with Crippen LogP contribution < -0.4 is 0 Å². The Morgan fingerprint density at radius 2 is 1.39 bits per heavy atom. The number of aryl methyl sites for hydroxylation is 2. The first-order chi connectivity index (χ1) is 19.9. The summed E-state index contributed by atoms with van der Waals surface area (Å²) in [5, 5.41) is 4.22. The molecule has 1 aliphatic heterocycles. The van der Waals surface area contributed by atoms with E-state index in [-0.39, 0.29) is 11.3 Å². The van der Waals surface area contributed by atoms with E-state index in [4.69, 9.17) is 4.98 Å². The number of imidazole rings is 1. The average Bonchev–Trinajstić information content (AvgIpc) is 3.36. The molecule has 2 heterocycles. The van der Waals surface area contributed by atoms with Gasteiger partial charge in [-0.1, -0.05) is 90.5 Å². The molecule has 0 aliphatic carbocycles. The molecule has 5 aromatic carbocycles. The minimum absolute atomic E-state index is 0.0374. The number of aromatic nitrogens is 2. The molecule has 6 nitrogen and oxygen atoms in total. The topological polar surface area (TPSA) is 72.3 Å². The van der Waals surface area contributed by atoms with Crippen LogP contribution in [0.3, 0.4) is 0 Å². The van der Waals surface area contributed by atoms with Crippen LogP contribution in [0.15, 0.2) is 120 Å². The molecule has 1 aromatic heterocycles. The maximum Gasteiger partial charge on any atom is 0.267 e. The molecule has 6 aromatic rings. The average molecular weight is 558 g/mol. The predicted molar refractivity (Wildman–Crippen MR) is 161 cm³/mol. The summed E-state index contributed by atoms with van der Waals surface area (Å²) in [6.07, 6.45) is 1.97. The standard InChI is InChI=1S/C34H27N3O3S/c1-23-10-16-30(17-11-23)41(39,40)37-32(38)18-19-36-22-31(28-14-12-24-6-2-4-8-26(24)20-28)35-34(36)33(37)29-15-13-25-7-3-5-9-27(25)21-29/h2-17,20-22,33H,18-19H2,1H3. The first-order valence-corrected chi connectivity index (χ1v) is 15.0. The second kappa shape index (κ2) is 9.71. The summed E-state index contributed by atoms with van der Waals surface area (Å²) in [5.41, 5.74) is 3.29. The zero-order chi connectivity index (χ0) is 28.1. The Bertz CT molecular complexity index is 2060. The van der Waals surface area contributed by atoms with Crippen molar-refractivity contribution >= 4 is 37.5 Å². The minimum Gasteiger partial charge on any atom is -0.332 e. The Morgan fingerprint density at radius 3 is 2.10 bits per heavy atom. The van der Waals surface area contributed by atoms with Gasteiger partial charge >= 0.3 is 0 Å². The summed E-state index contributed by atoms with van der Waals surface area (Å²) in [4.78, 5) is 18.8. The third-order valence-electron chi connectivity index (χ3n) is 7.81. The Kier molecular flexibility index (Phi) is 5.98. The van der Waals surface area contributed by atoms with E-state index in [9.17, 15) is 13.2 Å². The van der Waals surface area contributed by atoms with Crippen molar-refractivity contribution in [3.63, 3.8) is 0 Å². The summed E-state index contributed by atoms with van der Waals surface area (Å²) in [7, 11) is -4.20. The SMILES string of the molecule is Cc1ccc(S(=O)(=O)N2C(=O)CCn3cc(-c4ccc5ccccc5c4)nc3C2c2ccc3ccccc3c2)cc1. The lowest BCUT2D eigenvalue weighted by molar-refractivity contribution is -0.127. The van der Waals surface area contributed by atoms with Crippen LogP contribution in [0.25, 0.3) is 32.8 Å². The number of nitrogens with zero attached hydrogens (tertiary/aromatic N) is 3. The summed E-state index contributed by atoms with van der Waals surface area (Å²) in [6, 6.07) is 33.8. The normalized spacial score (nSPS) is 15.7. The van der Waals surface area contributed by atoms with Gasteiger partial charge in [0.1, 0.15) is 11.9 Å². The highest BCUT2D eigenvalue weighted by atomic mass is 32.2. The Hall–Kier alpha value is -4.75. The molecule has 7 rings (SSSR count). The van der Waals surface area contributed by atoms with Gasteiger partial charge in [0.25, 0.3) is 10.0 Å². The number of fused-ring (bicyclic) bond motifs is 3. The Morgan fingerprint density at radius 1 is 0.756 bits per heavy atom. The van der Waals surface area contributed by atoms with Crippen LogP contribution in [-0.2, 0) is 21.4 Å². The van der Waals surface area contributed by atoms with E-state index in [0.717, 1.165) is 42.7 Å². The highest BCUT2D eigenvalue weighted by Crippen LogP contribution is 2.38. The van der Waals surface area contributed by atoms with Crippen molar-refractivity contribution in [1.29, 1.82) is 0 Å². The van der Waals surface area contributed by atoms with Crippen molar-refractivity contribution in [2.45, 2.75) is 30.8 Å². The quantitative estimate of drug-likeness (QED) is 0.237. The lowest BCUT2D eigenvalue weighted by atomic mass is 10.0. The molecular weight excluding hydrogens is 530 g/mol. The molecule has 0 radical (unpaired) electrons. The molecule has 41 heavy (non-hydrogen) atoms. The van der Waals surface area contributed by atoms with Crippen LogP contribution in [0.1, 0.15) is 29.4 Å². The largest absolute Gasteiger partial charge is 0.332 e. The second-order valence-electron chi connectivity index (χ2n) is 10.5. The van der Waals surface area contributed by atoms with E-state index in [1.165, 1.54) is 0 Å². The molecule has 0 fully saturated rings. The first-order valence-electron chi connectivity index (χ1n) is 13.6. The van der Waals surface area contributed by atoms with Crippen molar-refractivity contribution in [2.75, 3.05) is 0 Å². The first kappa shape index (κ1) is 25.2. The molecule has 0 spiro atoms. The summed E-state index contributed by atoms with van der Waals surface area (Å²) < 4.78 is 31.4. The second-order valence-corrected chi connectivity index (χ2v) is 12.3. The number of sulfonamides is 1. The molecule has 202 valence electrons. The van der Waals surface area contributed by atoms with Gasteiger partial charge in [0.15, 0.2) is 0 Å². The van der Waals surface area contributed by atoms with Crippen molar-refractivity contribution in [1.82, 2.24) is 13.9 Å². The minimum atomic E-state index is -4.20. The number of hydrogen-bond acceptors (Lipinski definition) is 4. The molecule has 0 N–H and O–H groups in total.